The molecular formula is C14H18. The zero-order chi connectivity index (χ0) is 9.64. The van der Waals surface area contributed by atoms with Gasteiger partial charge in [-0.1, -0.05) is 42.5 Å². The van der Waals surface area contributed by atoms with Gasteiger partial charge in [-0.25, -0.2) is 0 Å². The Labute approximate surface area is 86.7 Å². The Balaban J connectivity index is 2.06. The largest absolute Gasteiger partial charge is 0.0885 e. The molecular weight excluding hydrogens is 168 g/mol. The molecule has 0 N–H and O–H groups in total. The predicted molar refractivity (Wildman–Crippen MR) is 61.4 cm³/mol. The standard InChI is InChI=1S/C14H18/c1-2-5-9-13(10-6-3-1)14-11-7-4-8-12-14/h1-2,4,7-8,11-13H,3,5-6,9-10H2/b2-1-. The van der Waals surface area contributed by atoms with E-state index in [0.29, 0.717) is 0 Å². The summed E-state index contributed by atoms with van der Waals surface area (Å²) in [5.41, 5.74) is 1.53. The van der Waals surface area contributed by atoms with Gasteiger partial charge in [-0.2, -0.15) is 0 Å². The second-order valence-corrected chi connectivity index (χ2v) is 4.09. The average Bonchev–Trinajstić information content (AvgIpc) is 2.18. The highest BCUT2D eigenvalue weighted by Gasteiger charge is 2.10. The van der Waals surface area contributed by atoms with Gasteiger partial charge in [0.25, 0.3) is 0 Å². The second kappa shape index (κ2) is 4.99. The predicted octanol–water partition coefficient (Wildman–Crippen LogP) is 4.29. The Bertz CT molecular complexity index is 284. The van der Waals surface area contributed by atoms with Gasteiger partial charge in [0.05, 0.1) is 0 Å². The Hall–Kier alpha value is -1.04. The first-order valence-electron chi connectivity index (χ1n) is 5.67. The Morgan fingerprint density at radius 2 is 1.64 bits per heavy atom. The Morgan fingerprint density at radius 1 is 0.857 bits per heavy atom. The van der Waals surface area contributed by atoms with Gasteiger partial charge in [0.1, 0.15) is 0 Å². The van der Waals surface area contributed by atoms with Gasteiger partial charge >= 0.3 is 0 Å². The van der Waals surface area contributed by atoms with Crippen LogP contribution in [0, 0.1) is 0 Å². The van der Waals surface area contributed by atoms with Crippen molar-refractivity contribution in [3.05, 3.63) is 48.0 Å². The number of benzene rings is 1. The molecule has 0 heteroatoms. The van der Waals surface area contributed by atoms with E-state index in [4.69, 9.17) is 0 Å². The van der Waals surface area contributed by atoms with Crippen LogP contribution in [0.25, 0.3) is 0 Å². The molecule has 1 atom stereocenters. The lowest BCUT2D eigenvalue weighted by Gasteiger charge is -2.17. The minimum atomic E-state index is 0.793. The fraction of sp³-hybridized carbons (Fsp3) is 0.429. The minimum absolute atomic E-state index is 0.793. The monoisotopic (exact) mass is 186 g/mol. The third-order valence-corrected chi connectivity index (χ3v) is 3.04. The van der Waals surface area contributed by atoms with Crippen molar-refractivity contribution in [1.82, 2.24) is 0 Å². The van der Waals surface area contributed by atoms with Crippen LogP contribution in [0.2, 0.25) is 0 Å². The van der Waals surface area contributed by atoms with Gasteiger partial charge in [-0.05, 0) is 43.6 Å². The number of allylic oxidation sites excluding steroid dienone is 2. The molecule has 0 heterocycles. The van der Waals surface area contributed by atoms with E-state index in [0.717, 1.165) is 5.92 Å². The average molecular weight is 186 g/mol. The number of rotatable bonds is 1. The van der Waals surface area contributed by atoms with Crippen molar-refractivity contribution in [1.29, 1.82) is 0 Å². The van der Waals surface area contributed by atoms with E-state index in [1.807, 2.05) is 0 Å². The summed E-state index contributed by atoms with van der Waals surface area (Å²) in [6.07, 6.45) is 11.2. The zero-order valence-electron chi connectivity index (χ0n) is 8.65. The van der Waals surface area contributed by atoms with Gasteiger partial charge in [0.2, 0.25) is 0 Å². The summed E-state index contributed by atoms with van der Waals surface area (Å²) in [6, 6.07) is 11.0. The molecule has 1 aromatic carbocycles. The van der Waals surface area contributed by atoms with Crippen molar-refractivity contribution in [2.24, 2.45) is 0 Å². The highest BCUT2D eigenvalue weighted by Crippen LogP contribution is 2.28. The van der Waals surface area contributed by atoms with E-state index < -0.39 is 0 Å². The molecule has 1 aliphatic rings. The second-order valence-electron chi connectivity index (χ2n) is 4.09. The van der Waals surface area contributed by atoms with Crippen LogP contribution in [0.3, 0.4) is 0 Å². The lowest BCUT2D eigenvalue weighted by molar-refractivity contribution is 0.550. The molecule has 0 radical (unpaired) electrons. The van der Waals surface area contributed by atoms with Crippen LogP contribution in [0.1, 0.15) is 43.6 Å². The van der Waals surface area contributed by atoms with E-state index in [1.165, 1.54) is 37.7 Å². The molecule has 1 unspecified atom stereocenters. The molecule has 0 aromatic heterocycles. The van der Waals surface area contributed by atoms with Crippen LogP contribution in [0.15, 0.2) is 42.5 Å². The maximum Gasteiger partial charge on any atom is -0.0159 e. The van der Waals surface area contributed by atoms with Crippen molar-refractivity contribution in [3.8, 4) is 0 Å². The highest BCUT2D eigenvalue weighted by atomic mass is 14.2. The Kier molecular flexibility index (Phi) is 3.39. The molecule has 0 aliphatic heterocycles. The normalized spacial score (nSPS) is 25.0. The van der Waals surface area contributed by atoms with Crippen LogP contribution >= 0.6 is 0 Å². The lowest BCUT2D eigenvalue weighted by atomic mass is 9.88. The summed E-state index contributed by atoms with van der Waals surface area (Å²) >= 11 is 0. The van der Waals surface area contributed by atoms with Crippen molar-refractivity contribution in [3.63, 3.8) is 0 Å². The molecule has 14 heavy (non-hydrogen) atoms. The maximum absolute atomic E-state index is 2.34. The van der Waals surface area contributed by atoms with Gasteiger partial charge in [-0.3, -0.25) is 0 Å². The molecule has 0 saturated heterocycles. The van der Waals surface area contributed by atoms with Crippen molar-refractivity contribution in [2.45, 2.75) is 38.0 Å². The molecule has 0 nitrogen and oxygen atoms in total. The van der Waals surface area contributed by atoms with Crippen molar-refractivity contribution >= 4 is 0 Å². The summed E-state index contributed by atoms with van der Waals surface area (Å²) in [4.78, 5) is 0. The summed E-state index contributed by atoms with van der Waals surface area (Å²) < 4.78 is 0. The Morgan fingerprint density at radius 3 is 2.50 bits per heavy atom. The molecule has 0 bridgehead atoms. The van der Waals surface area contributed by atoms with E-state index in [-0.39, 0.29) is 0 Å². The van der Waals surface area contributed by atoms with E-state index in [9.17, 15) is 0 Å². The molecule has 2 rings (SSSR count). The molecule has 0 amide bonds. The molecule has 1 aromatic rings. The molecule has 74 valence electrons. The van der Waals surface area contributed by atoms with E-state index in [2.05, 4.69) is 42.5 Å². The summed E-state index contributed by atoms with van der Waals surface area (Å²) in [5.74, 6) is 0.793. The number of hydrogen-bond donors (Lipinski definition) is 0. The quantitative estimate of drug-likeness (QED) is 0.574. The first-order chi connectivity index (χ1) is 6.97. The number of hydrogen-bond acceptors (Lipinski definition) is 0. The van der Waals surface area contributed by atoms with Gasteiger partial charge in [0.15, 0.2) is 0 Å². The zero-order valence-corrected chi connectivity index (χ0v) is 8.65. The van der Waals surface area contributed by atoms with Gasteiger partial charge < -0.3 is 0 Å². The van der Waals surface area contributed by atoms with Crippen LogP contribution in [0.5, 0.6) is 0 Å². The summed E-state index contributed by atoms with van der Waals surface area (Å²) in [6.45, 7) is 0. The molecule has 1 aliphatic carbocycles. The topological polar surface area (TPSA) is 0 Å². The van der Waals surface area contributed by atoms with Gasteiger partial charge in [-0.15, -0.1) is 0 Å². The maximum atomic E-state index is 2.34. The minimum Gasteiger partial charge on any atom is -0.0885 e. The highest BCUT2D eigenvalue weighted by molar-refractivity contribution is 5.19. The van der Waals surface area contributed by atoms with Crippen LogP contribution < -0.4 is 0 Å². The SMILES string of the molecule is C1=C\CCC(c2ccccc2)CCC/1. The first kappa shape index (κ1) is 9.51. The van der Waals surface area contributed by atoms with E-state index in [1.54, 1.807) is 0 Å². The van der Waals surface area contributed by atoms with Crippen LogP contribution in [-0.2, 0) is 0 Å². The van der Waals surface area contributed by atoms with Crippen LogP contribution in [0.4, 0.5) is 0 Å². The molecule has 0 spiro atoms. The molecule has 0 saturated carbocycles. The summed E-state index contributed by atoms with van der Waals surface area (Å²) in [5, 5.41) is 0. The van der Waals surface area contributed by atoms with Crippen molar-refractivity contribution in [2.75, 3.05) is 0 Å². The van der Waals surface area contributed by atoms with Crippen molar-refractivity contribution < 1.29 is 0 Å². The van der Waals surface area contributed by atoms with E-state index >= 15 is 0 Å². The fourth-order valence-electron chi connectivity index (χ4n) is 2.22. The molecule has 0 fully saturated rings. The fourth-order valence-corrected chi connectivity index (χ4v) is 2.22. The van der Waals surface area contributed by atoms with Gasteiger partial charge in [0, 0.05) is 0 Å². The van der Waals surface area contributed by atoms with Crippen LogP contribution in [-0.4, -0.2) is 0 Å². The third-order valence-electron chi connectivity index (χ3n) is 3.04. The smallest absolute Gasteiger partial charge is 0.0159 e. The lowest BCUT2D eigenvalue weighted by Crippen LogP contribution is -1.99. The summed E-state index contributed by atoms with van der Waals surface area (Å²) in [7, 11) is 0. The third kappa shape index (κ3) is 2.47. The first-order valence-corrected chi connectivity index (χ1v) is 5.67.